The summed E-state index contributed by atoms with van der Waals surface area (Å²) in [5.41, 5.74) is 0. The fraction of sp³-hybridized carbons (Fsp3) is 0.909. The first kappa shape index (κ1) is 10.9. The number of carbonyl (C=O) groups excluding carboxylic acids is 1. The SMILES string of the molecule is O=C(NCCCC1COCCN1)C1CC1. The van der Waals surface area contributed by atoms with Crippen molar-refractivity contribution in [2.24, 2.45) is 5.92 Å². The van der Waals surface area contributed by atoms with Crippen molar-refractivity contribution in [3.63, 3.8) is 0 Å². The van der Waals surface area contributed by atoms with E-state index in [1.165, 1.54) is 0 Å². The highest BCUT2D eigenvalue weighted by atomic mass is 16.5. The summed E-state index contributed by atoms with van der Waals surface area (Å²) >= 11 is 0. The van der Waals surface area contributed by atoms with Crippen molar-refractivity contribution in [1.29, 1.82) is 0 Å². The second-order valence-corrected chi connectivity index (χ2v) is 4.43. The zero-order chi connectivity index (χ0) is 10.5. The molecular formula is C11H20N2O2. The summed E-state index contributed by atoms with van der Waals surface area (Å²) in [6, 6.07) is 0.483. The van der Waals surface area contributed by atoms with Crippen LogP contribution in [-0.4, -0.2) is 38.3 Å². The second-order valence-electron chi connectivity index (χ2n) is 4.43. The summed E-state index contributed by atoms with van der Waals surface area (Å²) in [6.45, 7) is 3.41. The molecule has 15 heavy (non-hydrogen) atoms. The maximum Gasteiger partial charge on any atom is 0.223 e. The van der Waals surface area contributed by atoms with Gasteiger partial charge in [-0.15, -0.1) is 0 Å². The van der Waals surface area contributed by atoms with E-state index < -0.39 is 0 Å². The van der Waals surface area contributed by atoms with E-state index in [1.807, 2.05) is 0 Å². The summed E-state index contributed by atoms with van der Waals surface area (Å²) < 4.78 is 5.36. The zero-order valence-corrected chi connectivity index (χ0v) is 9.13. The fourth-order valence-corrected chi connectivity index (χ4v) is 1.86. The van der Waals surface area contributed by atoms with Gasteiger partial charge in [-0.3, -0.25) is 4.79 Å². The quantitative estimate of drug-likeness (QED) is 0.644. The minimum Gasteiger partial charge on any atom is -0.379 e. The Hall–Kier alpha value is -0.610. The molecule has 2 rings (SSSR count). The Morgan fingerprint density at radius 2 is 2.33 bits per heavy atom. The van der Waals surface area contributed by atoms with E-state index in [2.05, 4.69) is 10.6 Å². The van der Waals surface area contributed by atoms with E-state index >= 15 is 0 Å². The zero-order valence-electron chi connectivity index (χ0n) is 9.13. The third kappa shape index (κ3) is 3.80. The van der Waals surface area contributed by atoms with Gasteiger partial charge in [-0.25, -0.2) is 0 Å². The van der Waals surface area contributed by atoms with Gasteiger partial charge in [0.2, 0.25) is 5.91 Å². The average molecular weight is 212 g/mol. The molecule has 0 aromatic rings. The van der Waals surface area contributed by atoms with E-state index in [0.29, 0.717) is 12.0 Å². The molecule has 86 valence electrons. The van der Waals surface area contributed by atoms with Gasteiger partial charge in [-0.2, -0.15) is 0 Å². The molecular weight excluding hydrogens is 192 g/mol. The number of amides is 1. The van der Waals surface area contributed by atoms with Crippen molar-refractivity contribution in [2.45, 2.75) is 31.7 Å². The maximum absolute atomic E-state index is 11.3. The monoisotopic (exact) mass is 212 g/mol. The molecule has 4 nitrogen and oxygen atoms in total. The van der Waals surface area contributed by atoms with E-state index in [9.17, 15) is 4.79 Å². The highest BCUT2D eigenvalue weighted by Crippen LogP contribution is 2.28. The lowest BCUT2D eigenvalue weighted by atomic mass is 10.1. The van der Waals surface area contributed by atoms with Crippen LogP contribution in [0.25, 0.3) is 0 Å². The van der Waals surface area contributed by atoms with Gasteiger partial charge in [0.05, 0.1) is 13.2 Å². The number of hydrogen-bond acceptors (Lipinski definition) is 3. The Kier molecular flexibility index (Phi) is 3.97. The smallest absolute Gasteiger partial charge is 0.223 e. The van der Waals surface area contributed by atoms with E-state index in [-0.39, 0.29) is 5.91 Å². The Balaban J connectivity index is 1.48. The van der Waals surface area contributed by atoms with Crippen LogP contribution >= 0.6 is 0 Å². The summed E-state index contributed by atoms with van der Waals surface area (Å²) in [4.78, 5) is 11.3. The van der Waals surface area contributed by atoms with E-state index in [4.69, 9.17) is 4.74 Å². The fourth-order valence-electron chi connectivity index (χ4n) is 1.86. The standard InChI is InChI=1S/C11H20N2O2/c14-11(9-3-4-9)13-5-1-2-10-8-15-7-6-12-10/h9-10,12H,1-8H2,(H,13,14). The van der Waals surface area contributed by atoms with Crippen molar-refractivity contribution in [2.75, 3.05) is 26.3 Å². The largest absolute Gasteiger partial charge is 0.379 e. The molecule has 1 atom stereocenters. The molecule has 0 spiro atoms. The van der Waals surface area contributed by atoms with Crippen LogP contribution in [0.5, 0.6) is 0 Å². The van der Waals surface area contributed by atoms with Crippen molar-refractivity contribution in [3.8, 4) is 0 Å². The van der Waals surface area contributed by atoms with Crippen molar-refractivity contribution in [1.82, 2.24) is 10.6 Å². The average Bonchev–Trinajstić information content (AvgIpc) is 3.09. The number of morpholine rings is 1. The molecule has 2 aliphatic rings. The van der Waals surface area contributed by atoms with Crippen molar-refractivity contribution in [3.05, 3.63) is 0 Å². The first-order chi connectivity index (χ1) is 7.36. The Labute approximate surface area is 90.8 Å². The van der Waals surface area contributed by atoms with Crippen LogP contribution in [0.4, 0.5) is 0 Å². The summed E-state index contributed by atoms with van der Waals surface area (Å²) in [7, 11) is 0. The summed E-state index contributed by atoms with van der Waals surface area (Å²) in [6.07, 6.45) is 4.30. The molecule has 1 amide bonds. The summed E-state index contributed by atoms with van der Waals surface area (Å²) in [5.74, 6) is 0.587. The van der Waals surface area contributed by atoms with E-state index in [1.54, 1.807) is 0 Å². The molecule has 1 unspecified atom stereocenters. The normalized spacial score (nSPS) is 26.3. The number of carbonyl (C=O) groups is 1. The molecule has 2 N–H and O–H groups in total. The van der Waals surface area contributed by atoms with Crippen LogP contribution < -0.4 is 10.6 Å². The van der Waals surface area contributed by atoms with Crippen LogP contribution in [0.15, 0.2) is 0 Å². The molecule has 1 heterocycles. The first-order valence-corrected chi connectivity index (χ1v) is 5.95. The van der Waals surface area contributed by atoms with Gasteiger partial charge in [0, 0.05) is 25.0 Å². The van der Waals surface area contributed by atoms with Crippen LogP contribution in [0, 0.1) is 5.92 Å². The van der Waals surface area contributed by atoms with Crippen LogP contribution in [-0.2, 0) is 9.53 Å². The molecule has 1 aliphatic heterocycles. The Morgan fingerprint density at radius 3 is 3.00 bits per heavy atom. The highest BCUT2D eigenvalue weighted by molar-refractivity contribution is 5.80. The molecule has 0 bridgehead atoms. The van der Waals surface area contributed by atoms with Crippen molar-refractivity contribution >= 4 is 5.91 Å². The first-order valence-electron chi connectivity index (χ1n) is 5.95. The van der Waals surface area contributed by atoms with Gasteiger partial charge in [0.25, 0.3) is 0 Å². The number of ether oxygens (including phenoxy) is 1. The highest BCUT2D eigenvalue weighted by Gasteiger charge is 2.29. The molecule has 1 aliphatic carbocycles. The predicted octanol–water partition coefficient (Wildman–Crippen LogP) is 0.281. The van der Waals surface area contributed by atoms with Gasteiger partial charge >= 0.3 is 0 Å². The van der Waals surface area contributed by atoms with Crippen molar-refractivity contribution < 1.29 is 9.53 Å². The van der Waals surface area contributed by atoms with Gasteiger partial charge in [-0.05, 0) is 25.7 Å². The number of nitrogens with one attached hydrogen (secondary N) is 2. The minimum atomic E-state index is 0.253. The van der Waals surface area contributed by atoms with Crippen LogP contribution in [0.3, 0.4) is 0 Å². The molecule has 0 aromatic carbocycles. The maximum atomic E-state index is 11.3. The third-order valence-electron chi connectivity index (χ3n) is 2.98. The molecule has 2 fully saturated rings. The molecule has 1 saturated carbocycles. The van der Waals surface area contributed by atoms with Crippen LogP contribution in [0.2, 0.25) is 0 Å². The van der Waals surface area contributed by atoms with Gasteiger partial charge in [-0.1, -0.05) is 0 Å². The lowest BCUT2D eigenvalue weighted by Crippen LogP contribution is -2.41. The number of rotatable bonds is 5. The molecule has 0 aromatic heterocycles. The number of hydrogen-bond donors (Lipinski definition) is 2. The predicted molar refractivity (Wildman–Crippen MR) is 57.6 cm³/mol. The topological polar surface area (TPSA) is 50.4 Å². The molecule has 0 radical (unpaired) electrons. The van der Waals surface area contributed by atoms with Gasteiger partial charge in [0.1, 0.15) is 0 Å². The van der Waals surface area contributed by atoms with Gasteiger partial charge in [0.15, 0.2) is 0 Å². The Morgan fingerprint density at radius 1 is 1.47 bits per heavy atom. The molecule has 4 heteroatoms. The Bertz CT molecular complexity index is 211. The second kappa shape index (κ2) is 5.47. The van der Waals surface area contributed by atoms with E-state index in [0.717, 1.165) is 52.0 Å². The third-order valence-corrected chi connectivity index (χ3v) is 2.98. The minimum absolute atomic E-state index is 0.253. The van der Waals surface area contributed by atoms with Crippen LogP contribution in [0.1, 0.15) is 25.7 Å². The van der Waals surface area contributed by atoms with Gasteiger partial charge < -0.3 is 15.4 Å². The summed E-state index contributed by atoms with van der Waals surface area (Å²) in [5, 5.41) is 6.38. The molecule has 1 saturated heterocycles. The lowest BCUT2D eigenvalue weighted by molar-refractivity contribution is -0.122. The lowest BCUT2D eigenvalue weighted by Gasteiger charge is -2.23.